The van der Waals surface area contributed by atoms with Gasteiger partial charge in [-0.2, -0.15) is 5.26 Å². The molecule has 2 rings (SSSR count). The molecule has 0 bridgehead atoms. The first-order chi connectivity index (χ1) is 7.81. The van der Waals surface area contributed by atoms with E-state index in [4.69, 9.17) is 5.26 Å². The Morgan fingerprint density at radius 1 is 1.12 bits per heavy atom. The quantitative estimate of drug-likeness (QED) is 0.763. The van der Waals surface area contributed by atoms with Crippen LogP contribution in [0.25, 0.3) is 0 Å². The first-order valence-corrected chi connectivity index (χ1v) is 4.95. The van der Waals surface area contributed by atoms with E-state index >= 15 is 0 Å². The fourth-order valence-corrected chi connectivity index (χ4v) is 1.50. The van der Waals surface area contributed by atoms with Crippen LogP contribution < -0.4 is 4.90 Å². The molecule has 0 spiro atoms. The van der Waals surface area contributed by atoms with Crippen molar-refractivity contribution in [3.8, 4) is 6.07 Å². The molecule has 0 saturated carbocycles. The normalized spacial score (nSPS) is 9.50. The van der Waals surface area contributed by atoms with Gasteiger partial charge in [-0.05, 0) is 30.3 Å². The molecule has 3 nitrogen and oxygen atoms in total. The molecular weight excluding hydrogens is 198 g/mol. The van der Waals surface area contributed by atoms with Gasteiger partial charge in [0.1, 0.15) is 0 Å². The number of nitriles is 1. The summed E-state index contributed by atoms with van der Waals surface area (Å²) in [5.41, 5.74) is 2.70. The summed E-state index contributed by atoms with van der Waals surface area (Å²) in [6.07, 6.45) is 3.50. The van der Waals surface area contributed by atoms with Gasteiger partial charge in [0.15, 0.2) is 0 Å². The third kappa shape index (κ3) is 2.01. The van der Waals surface area contributed by atoms with Crippen LogP contribution in [0.15, 0.2) is 48.8 Å². The van der Waals surface area contributed by atoms with Crippen LogP contribution in [0.1, 0.15) is 5.56 Å². The third-order valence-corrected chi connectivity index (χ3v) is 2.41. The van der Waals surface area contributed by atoms with E-state index in [1.807, 2.05) is 42.3 Å². The number of rotatable bonds is 2. The first kappa shape index (κ1) is 10.2. The average molecular weight is 209 g/mol. The van der Waals surface area contributed by atoms with Crippen LogP contribution in [0.4, 0.5) is 11.4 Å². The number of benzene rings is 1. The van der Waals surface area contributed by atoms with Crippen LogP contribution >= 0.6 is 0 Å². The molecule has 0 aliphatic carbocycles. The highest BCUT2D eigenvalue weighted by Crippen LogP contribution is 2.22. The molecule has 78 valence electrons. The zero-order chi connectivity index (χ0) is 11.4. The summed E-state index contributed by atoms with van der Waals surface area (Å²) in [4.78, 5) is 5.99. The molecule has 0 saturated heterocycles. The van der Waals surface area contributed by atoms with Crippen molar-refractivity contribution in [2.24, 2.45) is 0 Å². The highest BCUT2D eigenvalue weighted by Gasteiger charge is 2.03. The van der Waals surface area contributed by atoms with Crippen molar-refractivity contribution >= 4 is 11.4 Å². The summed E-state index contributed by atoms with van der Waals surface area (Å²) in [7, 11) is 1.96. The minimum absolute atomic E-state index is 0.665. The maximum atomic E-state index is 8.84. The molecule has 0 amide bonds. The van der Waals surface area contributed by atoms with Crippen molar-refractivity contribution in [2.75, 3.05) is 11.9 Å². The molecule has 0 radical (unpaired) electrons. The molecule has 0 fully saturated rings. The minimum atomic E-state index is 0.665. The lowest BCUT2D eigenvalue weighted by Crippen LogP contribution is -2.09. The van der Waals surface area contributed by atoms with Crippen LogP contribution in [0.5, 0.6) is 0 Å². The standard InChI is InChI=1S/C13H11N3/c1-16(12-5-7-15-8-6-12)13-4-2-3-11(9-13)10-14/h2-9H,1H3. The van der Waals surface area contributed by atoms with E-state index in [1.54, 1.807) is 18.5 Å². The molecule has 0 aliphatic heterocycles. The number of aromatic nitrogens is 1. The summed E-state index contributed by atoms with van der Waals surface area (Å²) in [5, 5.41) is 8.84. The van der Waals surface area contributed by atoms with E-state index < -0.39 is 0 Å². The Kier molecular flexibility index (Phi) is 2.84. The molecule has 16 heavy (non-hydrogen) atoms. The van der Waals surface area contributed by atoms with E-state index in [-0.39, 0.29) is 0 Å². The van der Waals surface area contributed by atoms with Crippen LogP contribution in [-0.4, -0.2) is 12.0 Å². The van der Waals surface area contributed by atoms with Crippen LogP contribution in [-0.2, 0) is 0 Å². The Morgan fingerprint density at radius 3 is 2.56 bits per heavy atom. The number of hydrogen-bond donors (Lipinski definition) is 0. The maximum absolute atomic E-state index is 8.84. The van der Waals surface area contributed by atoms with Gasteiger partial charge in [-0.1, -0.05) is 6.07 Å². The molecule has 1 heterocycles. The second kappa shape index (κ2) is 4.45. The Morgan fingerprint density at radius 2 is 1.88 bits per heavy atom. The largest absolute Gasteiger partial charge is 0.344 e. The second-order valence-electron chi connectivity index (χ2n) is 3.43. The van der Waals surface area contributed by atoms with E-state index in [2.05, 4.69) is 11.1 Å². The van der Waals surface area contributed by atoms with E-state index in [1.165, 1.54) is 0 Å². The summed E-state index contributed by atoms with van der Waals surface area (Å²) in [6.45, 7) is 0. The molecular formula is C13H11N3. The zero-order valence-corrected chi connectivity index (χ0v) is 8.96. The van der Waals surface area contributed by atoms with Crippen molar-refractivity contribution in [1.29, 1.82) is 5.26 Å². The van der Waals surface area contributed by atoms with Crippen molar-refractivity contribution in [3.05, 3.63) is 54.4 Å². The van der Waals surface area contributed by atoms with Crippen molar-refractivity contribution in [3.63, 3.8) is 0 Å². The summed E-state index contributed by atoms with van der Waals surface area (Å²) in [6, 6.07) is 13.5. The van der Waals surface area contributed by atoms with Gasteiger partial charge in [0.2, 0.25) is 0 Å². The number of nitrogens with zero attached hydrogens (tertiary/aromatic N) is 3. The monoisotopic (exact) mass is 209 g/mol. The second-order valence-corrected chi connectivity index (χ2v) is 3.43. The highest BCUT2D eigenvalue weighted by atomic mass is 15.1. The zero-order valence-electron chi connectivity index (χ0n) is 8.96. The number of anilines is 2. The Hall–Kier alpha value is -2.34. The fraction of sp³-hybridized carbons (Fsp3) is 0.0769. The minimum Gasteiger partial charge on any atom is -0.344 e. The van der Waals surface area contributed by atoms with Gasteiger partial charge < -0.3 is 4.90 Å². The molecule has 0 aliphatic rings. The Balaban J connectivity index is 2.35. The predicted octanol–water partition coefficient (Wildman–Crippen LogP) is 2.72. The smallest absolute Gasteiger partial charge is 0.0992 e. The lowest BCUT2D eigenvalue weighted by Gasteiger charge is -2.19. The van der Waals surface area contributed by atoms with E-state index in [9.17, 15) is 0 Å². The number of pyridine rings is 1. The van der Waals surface area contributed by atoms with Crippen molar-refractivity contribution in [2.45, 2.75) is 0 Å². The van der Waals surface area contributed by atoms with Crippen LogP contribution in [0, 0.1) is 11.3 Å². The molecule has 0 unspecified atom stereocenters. The van der Waals surface area contributed by atoms with Gasteiger partial charge in [-0.15, -0.1) is 0 Å². The van der Waals surface area contributed by atoms with Crippen molar-refractivity contribution < 1.29 is 0 Å². The summed E-state index contributed by atoms with van der Waals surface area (Å²) < 4.78 is 0. The van der Waals surface area contributed by atoms with Crippen LogP contribution in [0.3, 0.4) is 0 Å². The molecule has 0 N–H and O–H groups in total. The highest BCUT2D eigenvalue weighted by molar-refractivity contribution is 5.63. The van der Waals surface area contributed by atoms with E-state index in [0.717, 1.165) is 11.4 Å². The van der Waals surface area contributed by atoms with Gasteiger partial charge in [0.05, 0.1) is 11.6 Å². The van der Waals surface area contributed by atoms with Gasteiger partial charge in [-0.25, -0.2) is 0 Å². The Labute approximate surface area is 94.6 Å². The molecule has 1 aromatic heterocycles. The average Bonchev–Trinajstić information content (AvgIpc) is 2.39. The van der Waals surface area contributed by atoms with Crippen molar-refractivity contribution in [1.82, 2.24) is 4.98 Å². The fourth-order valence-electron chi connectivity index (χ4n) is 1.50. The molecule has 1 aromatic carbocycles. The topological polar surface area (TPSA) is 39.9 Å². The third-order valence-electron chi connectivity index (χ3n) is 2.41. The molecule has 2 aromatic rings. The summed E-state index contributed by atoms with van der Waals surface area (Å²) >= 11 is 0. The molecule has 3 heteroatoms. The van der Waals surface area contributed by atoms with E-state index in [0.29, 0.717) is 5.56 Å². The lowest BCUT2D eigenvalue weighted by molar-refractivity contribution is 1.18. The predicted molar refractivity (Wildman–Crippen MR) is 63.5 cm³/mol. The van der Waals surface area contributed by atoms with Gasteiger partial charge >= 0.3 is 0 Å². The SMILES string of the molecule is CN(c1ccncc1)c1cccc(C#N)c1. The van der Waals surface area contributed by atoms with Gasteiger partial charge in [0, 0.05) is 30.8 Å². The van der Waals surface area contributed by atoms with Crippen LogP contribution in [0.2, 0.25) is 0 Å². The first-order valence-electron chi connectivity index (χ1n) is 4.95. The Bertz CT molecular complexity index is 514. The summed E-state index contributed by atoms with van der Waals surface area (Å²) in [5.74, 6) is 0. The molecule has 0 atom stereocenters. The number of hydrogen-bond acceptors (Lipinski definition) is 3. The maximum Gasteiger partial charge on any atom is 0.0992 e. The lowest BCUT2D eigenvalue weighted by atomic mass is 10.2. The van der Waals surface area contributed by atoms with Gasteiger partial charge in [0.25, 0.3) is 0 Å². The van der Waals surface area contributed by atoms with Gasteiger partial charge in [-0.3, -0.25) is 4.98 Å².